The van der Waals surface area contributed by atoms with Crippen LogP contribution in [-0.4, -0.2) is 23.6 Å². The Morgan fingerprint density at radius 2 is 2.06 bits per heavy atom. The second kappa shape index (κ2) is 6.74. The lowest BCUT2D eigenvalue weighted by Crippen LogP contribution is -2.11. The average Bonchev–Trinajstić information content (AvgIpc) is 2.56. The Kier molecular flexibility index (Phi) is 5.60. The van der Waals surface area contributed by atoms with Crippen LogP contribution in [0.2, 0.25) is 0 Å². The number of carbonyl (C=O) groups excluding carboxylic acids is 1. The van der Waals surface area contributed by atoms with Crippen molar-refractivity contribution in [1.29, 1.82) is 0 Å². The summed E-state index contributed by atoms with van der Waals surface area (Å²) in [5.74, 6) is 0.782. The van der Waals surface area contributed by atoms with Crippen LogP contribution in [-0.2, 0) is 11.8 Å². The van der Waals surface area contributed by atoms with Crippen LogP contribution in [0.3, 0.4) is 0 Å². The lowest BCUT2D eigenvalue weighted by atomic mass is 10.1. The monoisotopic (exact) mass is 251 g/mol. The zero-order chi connectivity index (χ0) is 13.7. The van der Waals surface area contributed by atoms with Gasteiger partial charge in [0.15, 0.2) is 5.78 Å². The molecule has 0 unspecified atom stereocenters. The summed E-state index contributed by atoms with van der Waals surface area (Å²) in [6.45, 7) is 9.24. The van der Waals surface area contributed by atoms with Gasteiger partial charge < -0.3 is 9.30 Å². The number of ketones is 1. The van der Waals surface area contributed by atoms with Crippen molar-refractivity contribution >= 4 is 5.78 Å². The molecule has 0 aliphatic carbocycles. The fourth-order valence-corrected chi connectivity index (χ4v) is 1.97. The van der Waals surface area contributed by atoms with Crippen molar-refractivity contribution in [2.45, 2.75) is 40.5 Å². The lowest BCUT2D eigenvalue weighted by Gasteiger charge is -2.06. The number of hydrogen-bond donors (Lipinski definition) is 0. The van der Waals surface area contributed by atoms with Gasteiger partial charge in [0.05, 0.1) is 0 Å². The third kappa shape index (κ3) is 3.98. The standard InChI is InChI=1S/C15H25NO2/c1-11(2)7-6-8-18-10-15(17)14-9-12(3)16(5)13(14)4/h9,11H,6-8,10H2,1-5H3. The number of ether oxygens (including phenoxy) is 1. The summed E-state index contributed by atoms with van der Waals surface area (Å²) in [6.07, 6.45) is 2.18. The van der Waals surface area contributed by atoms with Crippen LogP contribution >= 0.6 is 0 Å². The van der Waals surface area contributed by atoms with Crippen molar-refractivity contribution in [2.75, 3.05) is 13.2 Å². The van der Waals surface area contributed by atoms with Gasteiger partial charge in [-0.1, -0.05) is 13.8 Å². The topological polar surface area (TPSA) is 31.2 Å². The minimum absolute atomic E-state index is 0.0840. The fourth-order valence-electron chi connectivity index (χ4n) is 1.97. The van der Waals surface area contributed by atoms with E-state index in [0.717, 1.165) is 29.8 Å². The van der Waals surface area contributed by atoms with E-state index in [9.17, 15) is 4.79 Å². The highest BCUT2D eigenvalue weighted by atomic mass is 16.5. The van der Waals surface area contributed by atoms with Crippen molar-refractivity contribution in [3.05, 3.63) is 23.0 Å². The highest BCUT2D eigenvalue weighted by Crippen LogP contribution is 2.14. The minimum atomic E-state index is 0.0840. The molecule has 0 aliphatic rings. The Hall–Kier alpha value is -1.09. The van der Waals surface area contributed by atoms with Gasteiger partial charge in [-0.2, -0.15) is 0 Å². The summed E-state index contributed by atoms with van der Waals surface area (Å²) in [5.41, 5.74) is 2.91. The Morgan fingerprint density at radius 1 is 1.39 bits per heavy atom. The molecule has 0 aliphatic heterocycles. The van der Waals surface area contributed by atoms with E-state index < -0.39 is 0 Å². The van der Waals surface area contributed by atoms with Crippen molar-refractivity contribution < 1.29 is 9.53 Å². The quantitative estimate of drug-likeness (QED) is 0.550. The molecular formula is C15H25NO2. The molecule has 0 saturated heterocycles. The highest BCUT2D eigenvalue weighted by Gasteiger charge is 2.13. The fraction of sp³-hybridized carbons (Fsp3) is 0.667. The summed E-state index contributed by atoms with van der Waals surface area (Å²) >= 11 is 0. The number of nitrogens with zero attached hydrogens (tertiary/aromatic N) is 1. The number of aromatic nitrogens is 1. The third-order valence-corrected chi connectivity index (χ3v) is 3.38. The Morgan fingerprint density at radius 3 is 2.56 bits per heavy atom. The number of hydrogen-bond acceptors (Lipinski definition) is 2. The molecular weight excluding hydrogens is 226 g/mol. The van der Waals surface area contributed by atoms with Gasteiger partial charge in [0.1, 0.15) is 6.61 Å². The van der Waals surface area contributed by atoms with E-state index >= 15 is 0 Å². The molecule has 0 bridgehead atoms. The Balaban J connectivity index is 2.39. The van der Waals surface area contributed by atoms with E-state index in [1.807, 2.05) is 31.5 Å². The van der Waals surface area contributed by atoms with Crippen molar-refractivity contribution in [2.24, 2.45) is 13.0 Å². The Bertz CT molecular complexity index is 405. The van der Waals surface area contributed by atoms with Crippen molar-refractivity contribution in [3.8, 4) is 0 Å². The van der Waals surface area contributed by atoms with Gasteiger partial charge in [-0.25, -0.2) is 0 Å². The minimum Gasteiger partial charge on any atom is -0.373 e. The first-order valence-corrected chi connectivity index (χ1v) is 6.67. The maximum Gasteiger partial charge on any atom is 0.190 e. The van der Waals surface area contributed by atoms with Crippen LogP contribution in [0.5, 0.6) is 0 Å². The zero-order valence-corrected chi connectivity index (χ0v) is 12.2. The summed E-state index contributed by atoms with van der Waals surface area (Å²) in [6, 6.07) is 1.94. The highest BCUT2D eigenvalue weighted by molar-refractivity contribution is 5.98. The predicted octanol–water partition coefficient (Wildman–Crippen LogP) is 3.28. The smallest absolute Gasteiger partial charge is 0.190 e. The maximum atomic E-state index is 12.0. The summed E-state index contributed by atoms with van der Waals surface area (Å²) in [4.78, 5) is 12.0. The van der Waals surface area contributed by atoms with Crippen LogP contribution in [0.25, 0.3) is 0 Å². The first-order valence-electron chi connectivity index (χ1n) is 6.67. The molecule has 1 aromatic rings. The molecule has 3 nitrogen and oxygen atoms in total. The molecule has 0 atom stereocenters. The Labute approximate surface area is 110 Å². The van der Waals surface area contributed by atoms with Crippen molar-refractivity contribution in [1.82, 2.24) is 4.57 Å². The first kappa shape index (κ1) is 15.0. The number of rotatable bonds is 7. The van der Waals surface area contributed by atoms with E-state index in [-0.39, 0.29) is 12.4 Å². The molecule has 0 radical (unpaired) electrons. The second-order valence-corrected chi connectivity index (χ2v) is 5.36. The summed E-state index contributed by atoms with van der Waals surface area (Å²) in [5, 5.41) is 0. The molecule has 0 saturated carbocycles. The molecule has 0 fully saturated rings. The van der Waals surface area contributed by atoms with Crippen LogP contribution in [0.1, 0.15) is 48.4 Å². The molecule has 0 spiro atoms. The molecule has 0 N–H and O–H groups in total. The summed E-state index contributed by atoms with van der Waals surface area (Å²) in [7, 11) is 1.98. The van der Waals surface area contributed by atoms with Gasteiger partial charge in [0, 0.05) is 30.6 Å². The van der Waals surface area contributed by atoms with Crippen LogP contribution < -0.4 is 0 Å². The maximum absolute atomic E-state index is 12.0. The van der Waals surface area contributed by atoms with E-state index in [2.05, 4.69) is 13.8 Å². The van der Waals surface area contributed by atoms with Gasteiger partial charge in [-0.3, -0.25) is 4.79 Å². The third-order valence-electron chi connectivity index (χ3n) is 3.38. The number of aryl methyl sites for hydroxylation is 1. The van der Waals surface area contributed by atoms with E-state index in [4.69, 9.17) is 4.74 Å². The first-order chi connectivity index (χ1) is 8.43. The van der Waals surface area contributed by atoms with E-state index in [1.165, 1.54) is 0 Å². The van der Waals surface area contributed by atoms with Gasteiger partial charge in [-0.15, -0.1) is 0 Å². The van der Waals surface area contributed by atoms with Gasteiger partial charge >= 0.3 is 0 Å². The molecule has 0 aromatic carbocycles. The van der Waals surface area contributed by atoms with Crippen LogP contribution in [0.15, 0.2) is 6.07 Å². The molecule has 3 heteroatoms. The molecule has 1 aromatic heterocycles. The molecule has 1 rings (SSSR count). The largest absolute Gasteiger partial charge is 0.373 e. The van der Waals surface area contributed by atoms with E-state index in [1.54, 1.807) is 0 Å². The van der Waals surface area contributed by atoms with Gasteiger partial charge in [0.2, 0.25) is 0 Å². The second-order valence-electron chi connectivity index (χ2n) is 5.36. The lowest BCUT2D eigenvalue weighted by molar-refractivity contribution is 0.0748. The number of Topliss-reactive ketones (excluding diaryl/α,β-unsaturated/α-hetero) is 1. The van der Waals surface area contributed by atoms with Gasteiger partial charge in [-0.05, 0) is 38.7 Å². The predicted molar refractivity (Wildman–Crippen MR) is 74.1 cm³/mol. The SMILES string of the molecule is Cc1cc(C(=O)COCCCC(C)C)c(C)n1C. The summed E-state index contributed by atoms with van der Waals surface area (Å²) < 4.78 is 7.48. The normalized spacial score (nSPS) is 11.2. The molecule has 1 heterocycles. The molecule has 0 amide bonds. The molecule has 102 valence electrons. The average molecular weight is 251 g/mol. The zero-order valence-electron chi connectivity index (χ0n) is 12.2. The van der Waals surface area contributed by atoms with Crippen LogP contribution in [0.4, 0.5) is 0 Å². The van der Waals surface area contributed by atoms with Crippen LogP contribution in [0, 0.1) is 19.8 Å². The number of carbonyl (C=O) groups is 1. The van der Waals surface area contributed by atoms with Gasteiger partial charge in [0.25, 0.3) is 0 Å². The molecule has 18 heavy (non-hydrogen) atoms. The van der Waals surface area contributed by atoms with Crippen molar-refractivity contribution in [3.63, 3.8) is 0 Å². The van der Waals surface area contributed by atoms with E-state index in [0.29, 0.717) is 12.5 Å².